The van der Waals surface area contributed by atoms with E-state index in [0.29, 0.717) is 0 Å². The molecule has 0 aromatic heterocycles. The molecule has 5 N–H and O–H groups in total. The minimum Gasteiger partial charge on any atom is -0.193 e. The average molecular weight is 323 g/mol. The van der Waals surface area contributed by atoms with Crippen LogP contribution < -0.4 is 0 Å². The Morgan fingerprint density at radius 1 is 1.06 bits per heavy atom. The quantitative estimate of drug-likeness (QED) is 0.363. The normalized spacial score (nSPS) is 16.2. The van der Waals surface area contributed by atoms with Gasteiger partial charge >= 0.3 is 39.2 Å². The summed E-state index contributed by atoms with van der Waals surface area (Å²) in [4.78, 5) is 41.4. The van der Waals surface area contributed by atoms with Gasteiger partial charge in [-0.2, -0.15) is 24.5 Å². The first-order valence-corrected chi connectivity index (χ1v) is 10.9. The maximum Gasteiger partial charge on any atom is 0.491 e. The smallest absolute Gasteiger partial charge is 0.193 e. The SMILES string of the molecule is CC[P+](O)(O)O.C[CH]([AlH][CH](C)[P+](=O)O)[P+](=O)O. The molecule has 0 amide bonds. The van der Waals surface area contributed by atoms with Crippen molar-refractivity contribution in [2.75, 3.05) is 6.16 Å². The first-order valence-electron chi connectivity index (χ1n) is 4.88. The lowest BCUT2D eigenvalue weighted by Gasteiger charge is -1.95. The first-order chi connectivity index (χ1) is 7.51. The van der Waals surface area contributed by atoms with Crippen molar-refractivity contribution in [3.05, 3.63) is 0 Å². The molecule has 0 saturated heterocycles. The molecule has 0 aliphatic heterocycles. The Kier molecular flexibility index (Phi) is 11.7. The summed E-state index contributed by atoms with van der Waals surface area (Å²) in [5.41, 5.74) is 0. The summed E-state index contributed by atoms with van der Waals surface area (Å²) < 4.78 is 20.4. The molecule has 0 aliphatic carbocycles. The number of hydrogen-bond donors (Lipinski definition) is 5. The summed E-state index contributed by atoms with van der Waals surface area (Å²) in [5, 5.41) is 0. The summed E-state index contributed by atoms with van der Waals surface area (Å²) >= 11 is -0.902. The van der Waals surface area contributed by atoms with Gasteiger partial charge in [0.15, 0.2) is 0 Å². The molecule has 4 unspecified atom stereocenters. The summed E-state index contributed by atoms with van der Waals surface area (Å²) in [6.45, 7) is 4.81. The van der Waals surface area contributed by atoms with Gasteiger partial charge < -0.3 is 0 Å². The minimum absolute atomic E-state index is 0.0486. The van der Waals surface area contributed by atoms with Crippen LogP contribution in [-0.2, 0) is 9.13 Å². The Bertz CT molecular complexity index is 238. The van der Waals surface area contributed by atoms with Crippen LogP contribution in [0.15, 0.2) is 0 Å². The van der Waals surface area contributed by atoms with E-state index in [1.54, 1.807) is 13.8 Å². The molecule has 0 radical (unpaired) electrons. The van der Waals surface area contributed by atoms with E-state index in [0.717, 1.165) is 0 Å². The van der Waals surface area contributed by atoms with Gasteiger partial charge in [-0.1, -0.05) is 0 Å². The molecule has 0 heterocycles. The van der Waals surface area contributed by atoms with Crippen molar-refractivity contribution in [2.24, 2.45) is 0 Å². The minimum atomic E-state index is -3.40. The fraction of sp³-hybridized carbons (Fsp3) is 1.00. The third kappa shape index (κ3) is 14.9. The van der Waals surface area contributed by atoms with Gasteiger partial charge in [-0.15, -0.1) is 0 Å². The summed E-state index contributed by atoms with van der Waals surface area (Å²) in [6.07, 6.45) is 0.0486. The summed E-state index contributed by atoms with van der Waals surface area (Å²) in [6, 6.07) is 0. The van der Waals surface area contributed by atoms with Gasteiger partial charge in [0.1, 0.15) is 15.2 Å². The van der Waals surface area contributed by atoms with Gasteiger partial charge in [-0.05, 0) is 29.9 Å². The van der Waals surface area contributed by atoms with Crippen molar-refractivity contribution >= 4 is 39.2 Å². The van der Waals surface area contributed by atoms with Gasteiger partial charge in [0, 0.05) is 0 Å². The Morgan fingerprint density at radius 2 is 1.29 bits per heavy atom. The predicted octanol–water partition coefficient (Wildman–Crippen LogP) is 0.330. The number of hydrogen-bond acceptors (Lipinski definition) is 5. The summed E-state index contributed by atoms with van der Waals surface area (Å²) in [7, 11) is -7.69. The maximum absolute atomic E-state index is 10.5. The lowest BCUT2D eigenvalue weighted by Crippen LogP contribution is -2.18. The van der Waals surface area contributed by atoms with Crippen LogP contribution in [0.2, 0.25) is 0 Å². The van der Waals surface area contributed by atoms with Crippen LogP contribution in [0.25, 0.3) is 0 Å². The Labute approximate surface area is 109 Å². The molecule has 4 atom stereocenters. The number of rotatable bonds is 5. The van der Waals surface area contributed by atoms with Crippen molar-refractivity contribution in [3.63, 3.8) is 0 Å². The van der Waals surface area contributed by atoms with Crippen molar-refractivity contribution in [2.45, 2.75) is 29.8 Å². The third-order valence-electron chi connectivity index (χ3n) is 1.86. The van der Waals surface area contributed by atoms with Gasteiger partial charge in [0.25, 0.3) is 0 Å². The highest BCUT2D eigenvalue weighted by atomic mass is 31.2. The second-order valence-corrected chi connectivity index (χ2v) is 12.8. The largest absolute Gasteiger partial charge is 0.491 e. The summed E-state index contributed by atoms with van der Waals surface area (Å²) in [5.74, 6) is 0. The molecule has 0 aromatic carbocycles. The standard InChI is InChI=1S/C2H8O3P.2C2H5O2P.Al.H/c1-2-6(3,4)5;2*1-2-5(3)4;;/h3-5H,2H2,1H3;2*2H,1H3,(H,3,4);;/q3*+1;;. The fourth-order valence-corrected chi connectivity index (χ4v) is 5.50. The molecule has 0 spiro atoms. The molecule has 0 rings (SSSR count). The zero-order valence-electron chi connectivity index (χ0n) is 9.96. The van der Waals surface area contributed by atoms with Crippen LogP contribution in [0.1, 0.15) is 20.8 Å². The Balaban J connectivity index is 0. The maximum atomic E-state index is 10.5. The average Bonchev–Trinajstić information content (AvgIpc) is 2.17. The van der Waals surface area contributed by atoms with Gasteiger partial charge in [-0.25, -0.2) is 0 Å². The van der Waals surface area contributed by atoms with Crippen molar-refractivity contribution in [3.8, 4) is 0 Å². The lowest BCUT2D eigenvalue weighted by molar-refractivity contribution is 0.332. The zero-order chi connectivity index (χ0) is 14.2. The molecule has 0 fully saturated rings. The van der Waals surface area contributed by atoms with E-state index in [4.69, 9.17) is 24.5 Å². The van der Waals surface area contributed by atoms with Crippen LogP contribution in [0, 0.1) is 0 Å². The van der Waals surface area contributed by atoms with Crippen molar-refractivity contribution in [1.29, 1.82) is 0 Å². The molecule has 0 bridgehead atoms. The van der Waals surface area contributed by atoms with E-state index >= 15 is 0 Å². The molecular formula is C6H19AlO7P3+3. The first kappa shape index (κ1) is 20.3. The van der Waals surface area contributed by atoms with Crippen LogP contribution >= 0.6 is 24.0 Å². The second-order valence-electron chi connectivity index (χ2n) is 3.55. The van der Waals surface area contributed by atoms with Crippen LogP contribution in [-0.4, -0.2) is 54.9 Å². The van der Waals surface area contributed by atoms with Crippen molar-refractivity contribution < 1.29 is 33.6 Å². The van der Waals surface area contributed by atoms with Gasteiger partial charge in [0.05, 0.1) is 0 Å². The molecule has 17 heavy (non-hydrogen) atoms. The zero-order valence-corrected chi connectivity index (χ0v) is 14.1. The Morgan fingerprint density at radius 3 is 1.41 bits per heavy atom. The highest BCUT2D eigenvalue weighted by Crippen LogP contribution is 2.43. The lowest BCUT2D eigenvalue weighted by atomic mass is 10.9. The topological polar surface area (TPSA) is 135 Å². The molecule has 0 aliphatic rings. The molecule has 11 heteroatoms. The van der Waals surface area contributed by atoms with E-state index in [9.17, 15) is 9.13 Å². The molecule has 0 saturated carbocycles. The second kappa shape index (κ2) is 9.84. The van der Waals surface area contributed by atoms with E-state index in [-0.39, 0.29) is 15.2 Å². The highest BCUT2D eigenvalue weighted by molar-refractivity contribution is 7.58. The van der Waals surface area contributed by atoms with E-state index < -0.39 is 39.2 Å². The van der Waals surface area contributed by atoms with Gasteiger partial charge in [0.2, 0.25) is 0 Å². The van der Waals surface area contributed by atoms with Crippen LogP contribution in [0.3, 0.4) is 0 Å². The van der Waals surface area contributed by atoms with Crippen molar-refractivity contribution in [1.82, 2.24) is 0 Å². The van der Waals surface area contributed by atoms with Crippen LogP contribution in [0.4, 0.5) is 0 Å². The van der Waals surface area contributed by atoms with E-state index in [1.807, 2.05) is 0 Å². The predicted molar refractivity (Wildman–Crippen MR) is 69.8 cm³/mol. The van der Waals surface area contributed by atoms with E-state index in [1.165, 1.54) is 6.92 Å². The Hall–Kier alpha value is 0.962. The fourth-order valence-electron chi connectivity index (χ4n) is 0.674. The van der Waals surface area contributed by atoms with Gasteiger partial charge in [-0.3, -0.25) is 0 Å². The third-order valence-corrected chi connectivity index (χ3v) is 8.72. The monoisotopic (exact) mass is 323 g/mol. The van der Waals surface area contributed by atoms with Crippen LogP contribution in [0.5, 0.6) is 0 Å². The molecule has 0 aromatic rings. The molecule has 7 nitrogen and oxygen atoms in total. The highest BCUT2D eigenvalue weighted by Gasteiger charge is 2.37. The molecule has 100 valence electrons. The molecular weight excluding hydrogens is 304 g/mol. The van der Waals surface area contributed by atoms with E-state index in [2.05, 4.69) is 0 Å².